The molecule has 0 aliphatic carbocycles. The maximum Gasteiger partial charge on any atom is 0.257 e. The minimum Gasteiger partial charge on any atom is -0.323 e. The Morgan fingerprint density at radius 1 is 0.950 bits per heavy atom. The Labute approximate surface area is 119 Å². The van der Waals surface area contributed by atoms with Gasteiger partial charge in [0.1, 0.15) is 0 Å². The lowest BCUT2D eigenvalue weighted by molar-refractivity contribution is 0.102. The first kappa shape index (κ1) is 14.1. The van der Waals surface area contributed by atoms with E-state index in [2.05, 4.69) is 10.7 Å². The van der Waals surface area contributed by atoms with Gasteiger partial charge in [-0.3, -0.25) is 10.6 Å². The van der Waals surface area contributed by atoms with Crippen LogP contribution < -0.4 is 16.6 Å². The molecule has 0 saturated carbocycles. The maximum absolute atomic E-state index is 12.4. The molecule has 0 unspecified atom stereocenters. The Morgan fingerprint density at radius 3 is 2.20 bits per heavy atom. The summed E-state index contributed by atoms with van der Waals surface area (Å²) in [5.74, 6) is 5.30. The van der Waals surface area contributed by atoms with E-state index in [1.807, 2.05) is 51.1 Å². The molecule has 4 heteroatoms. The second-order valence-electron chi connectivity index (χ2n) is 4.97. The van der Waals surface area contributed by atoms with Crippen molar-refractivity contribution in [1.82, 2.24) is 0 Å². The van der Waals surface area contributed by atoms with Gasteiger partial charge in [-0.1, -0.05) is 18.2 Å². The molecule has 0 bridgehead atoms. The van der Waals surface area contributed by atoms with E-state index in [9.17, 15) is 4.79 Å². The van der Waals surface area contributed by atoms with E-state index in [0.717, 1.165) is 22.4 Å². The number of carbonyl (C=O) groups is 1. The molecule has 0 radical (unpaired) electrons. The predicted molar refractivity (Wildman–Crippen MR) is 82.9 cm³/mol. The highest BCUT2D eigenvalue weighted by molar-refractivity contribution is 6.08. The van der Waals surface area contributed by atoms with E-state index >= 15 is 0 Å². The zero-order valence-electron chi connectivity index (χ0n) is 11.9. The number of nitrogens with two attached hydrogens (primary N) is 1. The first-order valence-corrected chi connectivity index (χ1v) is 6.47. The highest BCUT2D eigenvalue weighted by Gasteiger charge is 2.12. The molecule has 2 aromatic carbocycles. The second-order valence-corrected chi connectivity index (χ2v) is 4.97. The average molecular weight is 269 g/mol. The number of amides is 1. The van der Waals surface area contributed by atoms with Gasteiger partial charge in [-0.15, -0.1) is 0 Å². The zero-order valence-corrected chi connectivity index (χ0v) is 11.9. The zero-order chi connectivity index (χ0) is 14.7. The molecule has 20 heavy (non-hydrogen) atoms. The number of aryl methyl sites for hydroxylation is 3. The summed E-state index contributed by atoms with van der Waals surface area (Å²) in [7, 11) is 0. The molecular weight excluding hydrogens is 250 g/mol. The second kappa shape index (κ2) is 5.75. The van der Waals surface area contributed by atoms with Crippen LogP contribution in [0.1, 0.15) is 27.0 Å². The van der Waals surface area contributed by atoms with Crippen LogP contribution in [0.4, 0.5) is 11.4 Å². The highest BCUT2D eigenvalue weighted by atomic mass is 16.1. The molecule has 104 valence electrons. The van der Waals surface area contributed by atoms with E-state index in [0.29, 0.717) is 11.3 Å². The molecule has 0 aliphatic heterocycles. The van der Waals surface area contributed by atoms with E-state index < -0.39 is 0 Å². The number of carbonyl (C=O) groups excluding carboxylic acids is 1. The fourth-order valence-electron chi connectivity index (χ4n) is 2.04. The van der Waals surface area contributed by atoms with Crippen LogP contribution >= 0.6 is 0 Å². The first-order chi connectivity index (χ1) is 9.51. The Hall–Kier alpha value is -2.33. The van der Waals surface area contributed by atoms with Gasteiger partial charge in [0.15, 0.2) is 0 Å². The summed E-state index contributed by atoms with van der Waals surface area (Å²) in [5.41, 5.74) is 7.70. The van der Waals surface area contributed by atoms with Crippen molar-refractivity contribution in [1.29, 1.82) is 0 Å². The van der Waals surface area contributed by atoms with Crippen LogP contribution in [-0.4, -0.2) is 5.91 Å². The Bertz CT molecular complexity index is 650. The van der Waals surface area contributed by atoms with Gasteiger partial charge in [-0.2, -0.15) is 0 Å². The molecule has 1 amide bonds. The van der Waals surface area contributed by atoms with Crippen molar-refractivity contribution in [2.75, 3.05) is 10.7 Å². The van der Waals surface area contributed by atoms with Crippen molar-refractivity contribution in [2.24, 2.45) is 5.84 Å². The van der Waals surface area contributed by atoms with Gasteiger partial charge in [0, 0.05) is 5.69 Å². The summed E-state index contributed by atoms with van der Waals surface area (Å²) in [5, 5.41) is 2.93. The average Bonchev–Trinajstić information content (AvgIpc) is 2.42. The minimum absolute atomic E-state index is 0.174. The summed E-state index contributed by atoms with van der Waals surface area (Å²) >= 11 is 0. The fourth-order valence-corrected chi connectivity index (χ4v) is 2.04. The predicted octanol–water partition coefficient (Wildman–Crippen LogP) is 3.15. The molecule has 0 heterocycles. The van der Waals surface area contributed by atoms with Crippen LogP contribution in [0.3, 0.4) is 0 Å². The Kier molecular flexibility index (Phi) is 4.05. The maximum atomic E-state index is 12.4. The number of anilines is 2. The van der Waals surface area contributed by atoms with E-state index in [1.165, 1.54) is 0 Å². The largest absolute Gasteiger partial charge is 0.323 e. The summed E-state index contributed by atoms with van der Waals surface area (Å²) in [6.07, 6.45) is 0. The summed E-state index contributed by atoms with van der Waals surface area (Å²) in [4.78, 5) is 12.4. The van der Waals surface area contributed by atoms with Crippen LogP contribution in [0, 0.1) is 20.8 Å². The number of rotatable bonds is 3. The standard InChI is InChI=1S/C16H19N3O/c1-10-4-6-12(3)14(8-10)18-16(20)13-7-5-11(2)9-15(13)19-17/h4-9,19H,17H2,1-3H3,(H,18,20). The van der Waals surface area contributed by atoms with Crippen molar-refractivity contribution >= 4 is 17.3 Å². The van der Waals surface area contributed by atoms with Crippen LogP contribution in [0.2, 0.25) is 0 Å². The van der Waals surface area contributed by atoms with Crippen LogP contribution in [0.25, 0.3) is 0 Å². The van der Waals surface area contributed by atoms with E-state index in [4.69, 9.17) is 5.84 Å². The molecule has 4 nitrogen and oxygen atoms in total. The molecule has 0 spiro atoms. The molecule has 2 rings (SSSR count). The summed E-state index contributed by atoms with van der Waals surface area (Å²) < 4.78 is 0. The quantitative estimate of drug-likeness (QED) is 0.592. The number of nitrogen functional groups attached to an aromatic ring is 1. The van der Waals surface area contributed by atoms with Crippen LogP contribution in [0.5, 0.6) is 0 Å². The third-order valence-electron chi connectivity index (χ3n) is 3.22. The molecule has 0 aliphatic rings. The number of nitrogens with one attached hydrogen (secondary N) is 2. The third kappa shape index (κ3) is 2.97. The smallest absolute Gasteiger partial charge is 0.257 e. The Morgan fingerprint density at radius 2 is 1.55 bits per heavy atom. The van der Waals surface area contributed by atoms with Gasteiger partial charge < -0.3 is 10.7 Å². The minimum atomic E-state index is -0.174. The third-order valence-corrected chi connectivity index (χ3v) is 3.22. The van der Waals surface area contributed by atoms with Crippen molar-refractivity contribution in [3.63, 3.8) is 0 Å². The van der Waals surface area contributed by atoms with Crippen molar-refractivity contribution in [3.05, 3.63) is 58.7 Å². The van der Waals surface area contributed by atoms with Gasteiger partial charge in [-0.05, 0) is 55.7 Å². The number of benzene rings is 2. The van der Waals surface area contributed by atoms with Gasteiger partial charge in [0.2, 0.25) is 0 Å². The van der Waals surface area contributed by atoms with Crippen LogP contribution in [0.15, 0.2) is 36.4 Å². The monoisotopic (exact) mass is 269 g/mol. The van der Waals surface area contributed by atoms with Gasteiger partial charge in [0.25, 0.3) is 5.91 Å². The normalized spacial score (nSPS) is 10.2. The molecule has 2 aromatic rings. The number of hydrogen-bond acceptors (Lipinski definition) is 3. The van der Waals surface area contributed by atoms with Gasteiger partial charge in [-0.25, -0.2) is 0 Å². The molecule has 0 saturated heterocycles. The van der Waals surface area contributed by atoms with E-state index in [1.54, 1.807) is 6.07 Å². The lowest BCUT2D eigenvalue weighted by atomic mass is 10.1. The molecular formula is C16H19N3O. The summed E-state index contributed by atoms with van der Waals surface area (Å²) in [6.45, 7) is 5.91. The SMILES string of the molecule is Cc1ccc(C)c(NC(=O)c2ccc(C)cc2NN)c1. The van der Waals surface area contributed by atoms with Crippen LogP contribution in [-0.2, 0) is 0 Å². The molecule has 0 atom stereocenters. The van der Waals surface area contributed by atoms with Gasteiger partial charge >= 0.3 is 0 Å². The molecule has 4 N–H and O–H groups in total. The summed E-state index contributed by atoms with van der Waals surface area (Å²) in [6, 6.07) is 11.5. The molecule has 0 aromatic heterocycles. The fraction of sp³-hybridized carbons (Fsp3) is 0.188. The van der Waals surface area contributed by atoms with E-state index in [-0.39, 0.29) is 5.91 Å². The van der Waals surface area contributed by atoms with Crippen molar-refractivity contribution in [2.45, 2.75) is 20.8 Å². The lowest BCUT2D eigenvalue weighted by Crippen LogP contribution is -2.17. The highest BCUT2D eigenvalue weighted by Crippen LogP contribution is 2.21. The first-order valence-electron chi connectivity index (χ1n) is 6.47. The van der Waals surface area contributed by atoms with Crippen molar-refractivity contribution in [3.8, 4) is 0 Å². The molecule has 0 fully saturated rings. The van der Waals surface area contributed by atoms with Gasteiger partial charge in [0.05, 0.1) is 11.3 Å². The topological polar surface area (TPSA) is 67.2 Å². The Balaban J connectivity index is 2.30. The lowest BCUT2D eigenvalue weighted by Gasteiger charge is -2.12. The number of hydrazine groups is 1. The van der Waals surface area contributed by atoms with Crippen molar-refractivity contribution < 1.29 is 4.79 Å². The number of hydrogen-bond donors (Lipinski definition) is 3.